The highest BCUT2D eigenvalue weighted by atomic mass is 16.5. The molecule has 25 heavy (non-hydrogen) atoms. The van der Waals surface area contributed by atoms with Crippen molar-refractivity contribution in [3.63, 3.8) is 0 Å². The van der Waals surface area contributed by atoms with Crippen LogP contribution in [-0.2, 0) is 16.6 Å². The van der Waals surface area contributed by atoms with E-state index >= 15 is 0 Å². The number of likely N-dealkylation sites (tertiary alicyclic amines) is 1. The molecule has 5 nitrogen and oxygen atoms in total. The second-order valence-corrected chi connectivity index (χ2v) is 7.89. The zero-order valence-electron chi connectivity index (χ0n) is 14.2. The molecule has 0 aromatic heterocycles. The van der Waals surface area contributed by atoms with E-state index in [4.69, 9.17) is 4.74 Å². The largest absolute Gasteiger partial charge is 0.504 e. The molecule has 2 aliphatic heterocycles. The van der Waals surface area contributed by atoms with Gasteiger partial charge in [-0.1, -0.05) is 12.1 Å². The number of benzene rings is 1. The second kappa shape index (κ2) is 4.86. The third-order valence-electron chi connectivity index (χ3n) is 6.99. The van der Waals surface area contributed by atoms with Crippen LogP contribution >= 0.6 is 0 Å². The van der Waals surface area contributed by atoms with E-state index in [1.807, 2.05) is 12.1 Å². The summed E-state index contributed by atoms with van der Waals surface area (Å²) in [6, 6.07) is 3.56. The molecule has 5 heteroatoms. The highest BCUT2D eigenvalue weighted by molar-refractivity contribution is 5.90. The van der Waals surface area contributed by atoms with Crippen LogP contribution in [0.3, 0.4) is 0 Å². The van der Waals surface area contributed by atoms with Gasteiger partial charge in [-0.05, 0) is 43.9 Å². The lowest BCUT2D eigenvalue weighted by Crippen LogP contribution is -2.76. The van der Waals surface area contributed by atoms with Gasteiger partial charge in [-0.15, -0.1) is 6.58 Å². The Morgan fingerprint density at radius 1 is 1.40 bits per heavy atom. The Hall–Kier alpha value is -1.85. The summed E-state index contributed by atoms with van der Waals surface area (Å²) >= 11 is 0. The molecule has 1 aromatic carbocycles. The van der Waals surface area contributed by atoms with Gasteiger partial charge in [0.15, 0.2) is 23.4 Å². The van der Waals surface area contributed by atoms with Gasteiger partial charge in [-0.2, -0.15) is 0 Å². The van der Waals surface area contributed by atoms with Gasteiger partial charge in [-0.3, -0.25) is 9.69 Å². The maximum Gasteiger partial charge on any atom is 0.174 e. The van der Waals surface area contributed by atoms with Crippen molar-refractivity contribution in [2.45, 2.75) is 55.3 Å². The average molecular weight is 341 g/mol. The van der Waals surface area contributed by atoms with Crippen LogP contribution in [-0.4, -0.2) is 51.7 Å². The number of rotatable bonds is 3. The van der Waals surface area contributed by atoms with E-state index in [0.29, 0.717) is 25.0 Å². The molecule has 0 amide bonds. The third kappa shape index (κ3) is 1.64. The highest BCUT2D eigenvalue weighted by Crippen LogP contribution is 2.64. The molecule has 2 heterocycles. The zero-order valence-corrected chi connectivity index (χ0v) is 14.2. The molecule has 1 aromatic rings. The van der Waals surface area contributed by atoms with E-state index in [2.05, 4.69) is 11.5 Å². The minimum atomic E-state index is -0.989. The van der Waals surface area contributed by atoms with Crippen LogP contribution in [0.2, 0.25) is 0 Å². The number of carbonyl (C=O) groups is 1. The van der Waals surface area contributed by atoms with Gasteiger partial charge in [0.1, 0.15) is 0 Å². The molecule has 1 spiro atoms. The van der Waals surface area contributed by atoms with Gasteiger partial charge >= 0.3 is 0 Å². The summed E-state index contributed by atoms with van der Waals surface area (Å²) in [6.45, 7) is 5.51. The number of piperidine rings is 1. The summed E-state index contributed by atoms with van der Waals surface area (Å²) < 4.78 is 6.01. The van der Waals surface area contributed by atoms with Crippen molar-refractivity contribution in [1.82, 2.24) is 4.90 Å². The highest BCUT2D eigenvalue weighted by Gasteiger charge is 2.73. The molecule has 2 N–H and O–H groups in total. The summed E-state index contributed by atoms with van der Waals surface area (Å²) in [5.74, 6) is 0.547. The van der Waals surface area contributed by atoms with E-state index < -0.39 is 17.1 Å². The minimum Gasteiger partial charge on any atom is -0.504 e. The minimum absolute atomic E-state index is 0.0246. The van der Waals surface area contributed by atoms with Gasteiger partial charge in [0, 0.05) is 24.6 Å². The molecule has 2 aliphatic carbocycles. The fourth-order valence-electron chi connectivity index (χ4n) is 5.94. The molecule has 1 saturated heterocycles. The van der Waals surface area contributed by atoms with Gasteiger partial charge in [0.05, 0.1) is 11.0 Å². The summed E-state index contributed by atoms with van der Waals surface area (Å²) in [5.41, 5.74) is 0.298. The molecule has 2 bridgehead atoms. The van der Waals surface area contributed by atoms with Crippen molar-refractivity contribution < 1.29 is 19.7 Å². The summed E-state index contributed by atoms with van der Waals surface area (Å²) in [5, 5.41) is 22.2. The third-order valence-corrected chi connectivity index (χ3v) is 6.99. The Morgan fingerprint density at radius 2 is 2.24 bits per heavy atom. The lowest BCUT2D eigenvalue weighted by atomic mass is 9.49. The number of Topliss-reactive ketones (excluding diaryl/α,β-unsaturated/α-hetero) is 1. The molecule has 5 rings (SSSR count). The number of ketones is 1. The van der Waals surface area contributed by atoms with Crippen LogP contribution in [0.1, 0.15) is 36.8 Å². The van der Waals surface area contributed by atoms with Crippen LogP contribution in [0.15, 0.2) is 24.8 Å². The maximum atomic E-state index is 12.7. The monoisotopic (exact) mass is 341 g/mol. The number of hydrogen-bond donors (Lipinski definition) is 2. The molecular weight excluding hydrogens is 318 g/mol. The van der Waals surface area contributed by atoms with Gasteiger partial charge < -0.3 is 14.9 Å². The van der Waals surface area contributed by atoms with Gasteiger partial charge in [0.2, 0.25) is 0 Å². The first kappa shape index (κ1) is 15.4. The smallest absolute Gasteiger partial charge is 0.174 e. The first-order valence-corrected chi connectivity index (χ1v) is 9.15. The summed E-state index contributed by atoms with van der Waals surface area (Å²) in [4.78, 5) is 15.0. The number of carbonyl (C=O) groups excluding carboxylic acids is 1. The van der Waals surface area contributed by atoms with E-state index in [-0.39, 0.29) is 17.6 Å². The molecule has 0 radical (unpaired) electrons. The van der Waals surface area contributed by atoms with Crippen molar-refractivity contribution in [3.05, 3.63) is 35.9 Å². The Balaban J connectivity index is 1.73. The van der Waals surface area contributed by atoms with Crippen LogP contribution in [0.4, 0.5) is 0 Å². The SMILES string of the molecule is C=CCCN1CC[C@]23c4c5ccc(O)c4O[C@H]2C(=O)CC[C@@]3(O)[C@H]1C5. The Morgan fingerprint density at radius 3 is 3.04 bits per heavy atom. The summed E-state index contributed by atoms with van der Waals surface area (Å²) in [6.07, 6.45) is 4.32. The van der Waals surface area contributed by atoms with Gasteiger partial charge in [-0.25, -0.2) is 0 Å². The quantitative estimate of drug-likeness (QED) is 0.819. The van der Waals surface area contributed by atoms with E-state index in [1.165, 1.54) is 0 Å². The molecule has 4 atom stereocenters. The van der Waals surface area contributed by atoms with Crippen LogP contribution < -0.4 is 4.74 Å². The lowest BCUT2D eigenvalue weighted by molar-refractivity contribution is -0.188. The van der Waals surface area contributed by atoms with E-state index in [1.54, 1.807) is 6.07 Å². The first-order valence-electron chi connectivity index (χ1n) is 9.15. The van der Waals surface area contributed by atoms with Crippen molar-refractivity contribution in [2.24, 2.45) is 0 Å². The fraction of sp³-hybridized carbons (Fsp3) is 0.550. The number of phenolic OH excluding ortho intramolecular Hbond substituents is 1. The predicted octanol–water partition coefficient (Wildman–Crippen LogP) is 1.69. The topological polar surface area (TPSA) is 70.0 Å². The summed E-state index contributed by atoms with van der Waals surface area (Å²) in [7, 11) is 0. The van der Waals surface area contributed by atoms with Gasteiger partial charge in [0.25, 0.3) is 0 Å². The van der Waals surface area contributed by atoms with Crippen LogP contribution in [0, 0.1) is 0 Å². The molecule has 2 fully saturated rings. The molecular formula is C20H23NO4. The lowest BCUT2D eigenvalue weighted by Gasteiger charge is -2.62. The number of phenols is 1. The molecule has 132 valence electrons. The molecule has 1 saturated carbocycles. The molecule has 4 aliphatic rings. The zero-order chi connectivity index (χ0) is 17.4. The molecule has 0 unspecified atom stereocenters. The Labute approximate surface area is 146 Å². The van der Waals surface area contributed by atoms with Crippen molar-refractivity contribution in [1.29, 1.82) is 0 Å². The van der Waals surface area contributed by atoms with Crippen LogP contribution in [0.5, 0.6) is 11.5 Å². The predicted molar refractivity (Wildman–Crippen MR) is 91.9 cm³/mol. The Bertz CT molecular complexity index is 790. The van der Waals surface area contributed by atoms with E-state index in [0.717, 1.165) is 37.1 Å². The van der Waals surface area contributed by atoms with Crippen molar-refractivity contribution in [3.8, 4) is 11.5 Å². The number of ether oxygens (including phenoxy) is 1. The first-order chi connectivity index (χ1) is 12.0. The van der Waals surface area contributed by atoms with E-state index in [9.17, 15) is 15.0 Å². The Kier molecular flexibility index (Phi) is 3.00. The number of aliphatic hydroxyl groups is 1. The standard InChI is InChI=1S/C20H23NO4/c1-2-3-9-21-10-8-19-16-12-4-5-13(22)17(16)25-18(19)14(23)6-7-20(19,24)15(21)11-12/h2,4-5,15,18,22,24H,1,3,6-11H2/t15-,18+,19+,20-/m1/s1. The number of nitrogens with zero attached hydrogens (tertiary/aromatic N) is 1. The van der Waals surface area contributed by atoms with Crippen LogP contribution in [0.25, 0.3) is 0 Å². The normalized spacial score (nSPS) is 38.2. The maximum absolute atomic E-state index is 12.7. The number of hydrogen-bond acceptors (Lipinski definition) is 5. The fourth-order valence-corrected chi connectivity index (χ4v) is 5.94. The van der Waals surface area contributed by atoms with Crippen molar-refractivity contribution >= 4 is 5.78 Å². The average Bonchev–Trinajstić information content (AvgIpc) is 2.95. The second-order valence-electron chi connectivity index (χ2n) is 7.89. The number of aromatic hydroxyl groups is 1. The van der Waals surface area contributed by atoms with Crippen molar-refractivity contribution in [2.75, 3.05) is 13.1 Å².